The number of ether oxygens (including phenoxy) is 1. The Balaban J connectivity index is 0. The number of aliphatic hydroxyl groups is 1. The molecular weight excluding hydrogens is 128 g/mol. The normalized spacial score (nSPS) is 7.40. The van der Waals surface area contributed by atoms with E-state index in [4.69, 9.17) is 9.84 Å². The zero-order chi connectivity index (χ0) is 8.24. The quantitative estimate of drug-likeness (QED) is 0.477. The second-order valence-corrected chi connectivity index (χ2v) is 1.43. The van der Waals surface area contributed by atoms with Crippen LogP contribution in [0.4, 0.5) is 0 Å². The number of aliphatic hydroxyl groups excluding tert-OH is 1. The zero-order valence-corrected chi connectivity index (χ0v) is 6.55. The standard InChI is InChI=1S/C6H10O.C2H6O/c1-3-5-7-6-4-2;1-2-3/h3-4H,1-2,5-6H2;3H,2H2,1H3. The fourth-order valence-corrected chi connectivity index (χ4v) is 0.235. The molecule has 0 saturated heterocycles. The summed E-state index contributed by atoms with van der Waals surface area (Å²) in [6.07, 6.45) is 3.42. The van der Waals surface area contributed by atoms with Gasteiger partial charge in [-0.1, -0.05) is 12.2 Å². The van der Waals surface area contributed by atoms with E-state index in [1.54, 1.807) is 19.1 Å². The summed E-state index contributed by atoms with van der Waals surface area (Å²) in [5.74, 6) is 0. The average Bonchev–Trinajstić information content (AvgIpc) is 1.91. The van der Waals surface area contributed by atoms with Gasteiger partial charge in [0, 0.05) is 6.61 Å². The van der Waals surface area contributed by atoms with Crippen LogP contribution in [0.1, 0.15) is 6.92 Å². The van der Waals surface area contributed by atoms with Crippen LogP contribution in [-0.2, 0) is 4.74 Å². The SMILES string of the molecule is C=CCOCC=C.CCO. The Morgan fingerprint density at radius 2 is 1.60 bits per heavy atom. The Bertz CT molecular complexity index is 61.7. The van der Waals surface area contributed by atoms with Crippen LogP contribution in [0.5, 0.6) is 0 Å². The fraction of sp³-hybridized carbons (Fsp3) is 0.500. The predicted octanol–water partition coefficient (Wildman–Crippen LogP) is 1.37. The summed E-state index contributed by atoms with van der Waals surface area (Å²) in [7, 11) is 0. The molecule has 0 radical (unpaired) electrons. The Hall–Kier alpha value is -0.600. The Labute approximate surface area is 62.8 Å². The van der Waals surface area contributed by atoms with Crippen molar-refractivity contribution in [1.82, 2.24) is 0 Å². The van der Waals surface area contributed by atoms with E-state index in [1.165, 1.54) is 0 Å². The third kappa shape index (κ3) is 26.2. The summed E-state index contributed by atoms with van der Waals surface area (Å²) < 4.78 is 4.90. The van der Waals surface area contributed by atoms with Gasteiger partial charge in [-0.2, -0.15) is 0 Å². The highest BCUT2D eigenvalue weighted by Gasteiger charge is 1.70. The summed E-state index contributed by atoms with van der Waals surface area (Å²) >= 11 is 0. The van der Waals surface area contributed by atoms with Crippen LogP contribution in [-0.4, -0.2) is 24.9 Å². The van der Waals surface area contributed by atoms with Crippen LogP contribution in [0.15, 0.2) is 25.3 Å². The molecular formula is C8H16O2. The minimum absolute atomic E-state index is 0.250. The summed E-state index contributed by atoms with van der Waals surface area (Å²) in [6, 6.07) is 0. The number of hydrogen-bond acceptors (Lipinski definition) is 2. The van der Waals surface area contributed by atoms with E-state index in [0.29, 0.717) is 13.2 Å². The van der Waals surface area contributed by atoms with Gasteiger partial charge < -0.3 is 9.84 Å². The van der Waals surface area contributed by atoms with Gasteiger partial charge in [0.05, 0.1) is 13.2 Å². The lowest BCUT2D eigenvalue weighted by molar-refractivity contribution is 0.194. The van der Waals surface area contributed by atoms with Crippen molar-refractivity contribution in [2.45, 2.75) is 6.92 Å². The van der Waals surface area contributed by atoms with Gasteiger partial charge in [-0.25, -0.2) is 0 Å². The Morgan fingerprint density at radius 3 is 1.80 bits per heavy atom. The molecule has 0 aliphatic heterocycles. The monoisotopic (exact) mass is 144 g/mol. The molecule has 0 unspecified atom stereocenters. The Kier molecular flexibility index (Phi) is 19.1. The van der Waals surface area contributed by atoms with E-state index >= 15 is 0 Å². The van der Waals surface area contributed by atoms with Crippen molar-refractivity contribution >= 4 is 0 Å². The third-order valence-corrected chi connectivity index (χ3v) is 0.471. The molecule has 2 nitrogen and oxygen atoms in total. The molecule has 0 spiro atoms. The molecule has 0 aromatic rings. The Morgan fingerprint density at radius 1 is 1.30 bits per heavy atom. The van der Waals surface area contributed by atoms with Gasteiger partial charge in [0.15, 0.2) is 0 Å². The second-order valence-electron chi connectivity index (χ2n) is 1.43. The lowest BCUT2D eigenvalue weighted by Gasteiger charge is -1.89. The summed E-state index contributed by atoms with van der Waals surface area (Å²) in [5, 5.41) is 7.57. The van der Waals surface area contributed by atoms with Crippen LogP contribution in [0.3, 0.4) is 0 Å². The molecule has 0 aromatic carbocycles. The van der Waals surface area contributed by atoms with Crippen LogP contribution >= 0.6 is 0 Å². The number of hydrogen-bond donors (Lipinski definition) is 1. The van der Waals surface area contributed by atoms with E-state index in [0.717, 1.165) is 0 Å². The van der Waals surface area contributed by atoms with Gasteiger partial charge in [0.25, 0.3) is 0 Å². The summed E-state index contributed by atoms with van der Waals surface area (Å²) in [6.45, 7) is 10.1. The maximum absolute atomic E-state index is 7.57. The van der Waals surface area contributed by atoms with Crippen LogP contribution < -0.4 is 0 Å². The fourth-order valence-electron chi connectivity index (χ4n) is 0.235. The first kappa shape index (κ1) is 12.1. The highest BCUT2D eigenvalue weighted by Crippen LogP contribution is 1.72. The lowest BCUT2D eigenvalue weighted by Crippen LogP contribution is -1.87. The summed E-state index contributed by atoms with van der Waals surface area (Å²) in [4.78, 5) is 0. The van der Waals surface area contributed by atoms with Gasteiger partial charge in [-0.15, -0.1) is 13.2 Å². The molecule has 2 heteroatoms. The smallest absolute Gasteiger partial charge is 0.0649 e. The van der Waals surface area contributed by atoms with Crippen molar-refractivity contribution < 1.29 is 9.84 Å². The summed E-state index contributed by atoms with van der Waals surface area (Å²) in [5.41, 5.74) is 0. The lowest BCUT2D eigenvalue weighted by atomic mass is 10.6. The topological polar surface area (TPSA) is 29.5 Å². The van der Waals surface area contributed by atoms with Gasteiger partial charge in [0.2, 0.25) is 0 Å². The van der Waals surface area contributed by atoms with Crippen LogP contribution in [0, 0.1) is 0 Å². The molecule has 0 amide bonds. The molecule has 0 atom stereocenters. The van der Waals surface area contributed by atoms with Gasteiger partial charge in [-0.3, -0.25) is 0 Å². The van der Waals surface area contributed by atoms with Crippen molar-refractivity contribution in [3.8, 4) is 0 Å². The first-order chi connectivity index (χ1) is 4.83. The first-order valence-corrected chi connectivity index (χ1v) is 3.23. The van der Waals surface area contributed by atoms with Crippen molar-refractivity contribution in [1.29, 1.82) is 0 Å². The van der Waals surface area contributed by atoms with E-state index in [1.807, 2.05) is 0 Å². The van der Waals surface area contributed by atoms with Crippen molar-refractivity contribution in [3.63, 3.8) is 0 Å². The van der Waals surface area contributed by atoms with E-state index in [9.17, 15) is 0 Å². The van der Waals surface area contributed by atoms with E-state index < -0.39 is 0 Å². The zero-order valence-electron chi connectivity index (χ0n) is 6.55. The molecule has 0 saturated carbocycles. The van der Waals surface area contributed by atoms with Crippen molar-refractivity contribution in [2.24, 2.45) is 0 Å². The molecule has 0 heterocycles. The molecule has 0 aromatic heterocycles. The first-order valence-electron chi connectivity index (χ1n) is 3.23. The highest BCUT2D eigenvalue weighted by atomic mass is 16.5. The largest absolute Gasteiger partial charge is 0.397 e. The predicted molar refractivity (Wildman–Crippen MR) is 44.0 cm³/mol. The van der Waals surface area contributed by atoms with E-state index in [2.05, 4.69) is 13.2 Å². The minimum Gasteiger partial charge on any atom is -0.397 e. The molecule has 0 aliphatic rings. The van der Waals surface area contributed by atoms with Crippen LogP contribution in [0.25, 0.3) is 0 Å². The van der Waals surface area contributed by atoms with Crippen molar-refractivity contribution in [2.75, 3.05) is 19.8 Å². The molecule has 0 rings (SSSR count). The maximum Gasteiger partial charge on any atom is 0.0649 e. The van der Waals surface area contributed by atoms with Crippen molar-refractivity contribution in [3.05, 3.63) is 25.3 Å². The molecule has 0 fully saturated rings. The second kappa shape index (κ2) is 15.8. The molecule has 1 N–H and O–H groups in total. The molecule has 0 aliphatic carbocycles. The van der Waals surface area contributed by atoms with Crippen LogP contribution in [0.2, 0.25) is 0 Å². The third-order valence-electron chi connectivity index (χ3n) is 0.471. The molecule has 0 bridgehead atoms. The molecule has 10 heavy (non-hydrogen) atoms. The highest BCUT2D eigenvalue weighted by molar-refractivity contribution is 4.68. The van der Waals surface area contributed by atoms with Gasteiger partial charge >= 0.3 is 0 Å². The maximum atomic E-state index is 7.57. The van der Waals surface area contributed by atoms with Gasteiger partial charge in [0.1, 0.15) is 0 Å². The van der Waals surface area contributed by atoms with Gasteiger partial charge in [-0.05, 0) is 6.92 Å². The average molecular weight is 144 g/mol. The van der Waals surface area contributed by atoms with E-state index in [-0.39, 0.29) is 6.61 Å². The molecule has 60 valence electrons. The number of rotatable bonds is 4. The minimum atomic E-state index is 0.250.